The van der Waals surface area contributed by atoms with E-state index < -0.39 is 0 Å². The first kappa shape index (κ1) is 13.6. The molecule has 2 N–H and O–H groups in total. The van der Waals surface area contributed by atoms with Crippen molar-refractivity contribution in [1.29, 1.82) is 0 Å². The normalized spacial score (nSPS) is 19.9. The van der Waals surface area contributed by atoms with Gasteiger partial charge in [0.05, 0.1) is 0 Å². The van der Waals surface area contributed by atoms with Gasteiger partial charge in [0.1, 0.15) is 0 Å². The monoisotopic (exact) mass is 267 g/mol. The van der Waals surface area contributed by atoms with Crippen molar-refractivity contribution in [2.24, 2.45) is 5.73 Å². The number of hydrogen-bond donors (Lipinski definition) is 1. The van der Waals surface area contributed by atoms with Gasteiger partial charge in [0, 0.05) is 11.5 Å². The van der Waals surface area contributed by atoms with Crippen LogP contribution in [0, 0.1) is 0 Å². The molecule has 1 unspecified atom stereocenters. The lowest BCUT2D eigenvalue weighted by molar-refractivity contribution is 0.240. The molecule has 0 saturated heterocycles. The minimum Gasteiger partial charge on any atom is -0.327 e. The Morgan fingerprint density at radius 1 is 1.00 bits per heavy atom. The average molecular weight is 267 g/mol. The summed E-state index contributed by atoms with van der Waals surface area (Å²) in [6.45, 7) is 2.23. The fourth-order valence-electron chi connectivity index (χ4n) is 4.07. The Bertz CT molecular complexity index is 576. The Hall–Kier alpha value is -1.34. The Morgan fingerprint density at radius 2 is 1.70 bits per heavy atom. The van der Waals surface area contributed by atoms with Crippen molar-refractivity contribution in [3.63, 3.8) is 0 Å². The van der Waals surface area contributed by atoms with Crippen LogP contribution in [0.5, 0.6) is 0 Å². The summed E-state index contributed by atoms with van der Waals surface area (Å²) in [6, 6.07) is 15.8. The lowest BCUT2D eigenvalue weighted by Crippen LogP contribution is -2.46. The topological polar surface area (TPSA) is 26.0 Å². The van der Waals surface area contributed by atoms with E-state index in [2.05, 4.69) is 49.4 Å². The third kappa shape index (κ3) is 2.14. The fraction of sp³-hybridized carbons (Fsp3) is 0.474. The van der Waals surface area contributed by atoms with Crippen LogP contribution in [0.15, 0.2) is 42.5 Å². The van der Waals surface area contributed by atoms with Crippen molar-refractivity contribution in [3.8, 4) is 0 Å². The Labute approximate surface area is 122 Å². The number of rotatable bonds is 3. The molecular weight excluding hydrogens is 242 g/mol. The Morgan fingerprint density at radius 3 is 2.45 bits per heavy atom. The van der Waals surface area contributed by atoms with Gasteiger partial charge < -0.3 is 5.73 Å². The zero-order chi connectivity index (χ0) is 14.0. The number of nitrogens with two attached hydrogens (primary N) is 1. The van der Waals surface area contributed by atoms with Crippen LogP contribution in [-0.4, -0.2) is 6.04 Å². The smallest absolute Gasteiger partial charge is 0.0134 e. The fourth-order valence-corrected chi connectivity index (χ4v) is 4.07. The van der Waals surface area contributed by atoms with Gasteiger partial charge in [-0.2, -0.15) is 0 Å². The van der Waals surface area contributed by atoms with Crippen molar-refractivity contribution in [2.45, 2.75) is 56.9 Å². The summed E-state index contributed by atoms with van der Waals surface area (Å²) in [4.78, 5) is 0. The average Bonchev–Trinajstić information content (AvgIpc) is 2.54. The van der Waals surface area contributed by atoms with Gasteiger partial charge in [0.25, 0.3) is 0 Å². The summed E-state index contributed by atoms with van der Waals surface area (Å²) in [5.74, 6) is 0. The SMILES string of the molecule is CCC(N)C1(c2cccc3ccccc23)CCCCC1. The summed E-state index contributed by atoms with van der Waals surface area (Å²) in [5.41, 5.74) is 8.28. The second-order valence-electron chi connectivity index (χ2n) is 6.26. The predicted octanol–water partition coefficient (Wildman–Crippen LogP) is 4.78. The van der Waals surface area contributed by atoms with E-state index in [0.717, 1.165) is 6.42 Å². The largest absolute Gasteiger partial charge is 0.327 e. The van der Waals surface area contributed by atoms with Crippen LogP contribution in [0.25, 0.3) is 10.8 Å². The van der Waals surface area contributed by atoms with Crippen molar-refractivity contribution in [3.05, 3.63) is 48.0 Å². The first-order valence-electron chi connectivity index (χ1n) is 8.02. The van der Waals surface area contributed by atoms with Crippen molar-refractivity contribution in [2.75, 3.05) is 0 Å². The molecule has 0 amide bonds. The third-order valence-corrected chi connectivity index (χ3v) is 5.22. The molecule has 1 saturated carbocycles. The highest BCUT2D eigenvalue weighted by Crippen LogP contribution is 2.44. The van der Waals surface area contributed by atoms with E-state index in [9.17, 15) is 0 Å². The maximum atomic E-state index is 6.61. The number of hydrogen-bond acceptors (Lipinski definition) is 1. The quantitative estimate of drug-likeness (QED) is 0.851. The van der Waals surface area contributed by atoms with Crippen LogP contribution in [0.3, 0.4) is 0 Å². The van der Waals surface area contributed by atoms with Crippen LogP contribution < -0.4 is 5.73 Å². The van der Waals surface area contributed by atoms with E-state index >= 15 is 0 Å². The molecule has 1 aliphatic carbocycles. The Kier molecular flexibility index (Phi) is 3.80. The van der Waals surface area contributed by atoms with Crippen LogP contribution >= 0.6 is 0 Å². The molecule has 1 nitrogen and oxygen atoms in total. The first-order chi connectivity index (χ1) is 9.78. The molecule has 0 spiro atoms. The molecule has 0 aliphatic heterocycles. The third-order valence-electron chi connectivity index (χ3n) is 5.22. The van der Waals surface area contributed by atoms with E-state index in [1.165, 1.54) is 48.4 Å². The van der Waals surface area contributed by atoms with Gasteiger partial charge in [-0.15, -0.1) is 0 Å². The lowest BCUT2D eigenvalue weighted by Gasteiger charge is -2.43. The molecule has 20 heavy (non-hydrogen) atoms. The molecule has 0 heterocycles. The van der Waals surface area contributed by atoms with Gasteiger partial charge in [-0.3, -0.25) is 0 Å². The maximum Gasteiger partial charge on any atom is 0.0134 e. The summed E-state index contributed by atoms with van der Waals surface area (Å²) in [6.07, 6.45) is 7.55. The molecule has 3 rings (SSSR count). The highest BCUT2D eigenvalue weighted by Gasteiger charge is 2.39. The Balaban J connectivity index is 2.19. The van der Waals surface area contributed by atoms with Gasteiger partial charge in [-0.05, 0) is 35.6 Å². The second kappa shape index (κ2) is 5.57. The molecule has 1 aliphatic rings. The molecular formula is C19H25N. The maximum absolute atomic E-state index is 6.61. The van der Waals surface area contributed by atoms with Crippen LogP contribution in [-0.2, 0) is 5.41 Å². The zero-order valence-electron chi connectivity index (χ0n) is 12.4. The van der Waals surface area contributed by atoms with Crippen molar-refractivity contribution >= 4 is 10.8 Å². The van der Waals surface area contributed by atoms with Gasteiger partial charge in [-0.1, -0.05) is 68.7 Å². The summed E-state index contributed by atoms with van der Waals surface area (Å²) < 4.78 is 0. The highest BCUT2D eigenvalue weighted by atomic mass is 14.7. The number of fused-ring (bicyclic) bond motifs is 1. The van der Waals surface area contributed by atoms with Gasteiger partial charge in [-0.25, -0.2) is 0 Å². The summed E-state index contributed by atoms with van der Waals surface area (Å²) in [5, 5.41) is 2.75. The van der Waals surface area contributed by atoms with E-state index in [1.54, 1.807) is 0 Å². The van der Waals surface area contributed by atoms with Crippen molar-refractivity contribution < 1.29 is 0 Å². The molecule has 1 atom stereocenters. The standard InChI is InChI=1S/C19H25N/c1-2-18(20)19(13-6-3-7-14-19)17-12-8-10-15-9-4-5-11-16(15)17/h4-5,8-12,18H,2-3,6-7,13-14,20H2,1H3. The highest BCUT2D eigenvalue weighted by molar-refractivity contribution is 5.86. The predicted molar refractivity (Wildman–Crippen MR) is 87.0 cm³/mol. The van der Waals surface area contributed by atoms with E-state index in [0.29, 0.717) is 0 Å². The van der Waals surface area contributed by atoms with E-state index in [1.807, 2.05) is 0 Å². The molecule has 0 bridgehead atoms. The molecule has 2 aromatic carbocycles. The minimum atomic E-state index is 0.188. The zero-order valence-corrected chi connectivity index (χ0v) is 12.4. The van der Waals surface area contributed by atoms with E-state index in [-0.39, 0.29) is 11.5 Å². The molecule has 106 valence electrons. The summed E-state index contributed by atoms with van der Waals surface area (Å²) >= 11 is 0. The van der Waals surface area contributed by atoms with E-state index in [4.69, 9.17) is 5.73 Å². The van der Waals surface area contributed by atoms with Gasteiger partial charge >= 0.3 is 0 Å². The second-order valence-corrected chi connectivity index (χ2v) is 6.26. The van der Waals surface area contributed by atoms with Crippen LogP contribution in [0.2, 0.25) is 0 Å². The molecule has 0 radical (unpaired) electrons. The molecule has 0 aromatic heterocycles. The molecule has 1 heteroatoms. The van der Waals surface area contributed by atoms with Gasteiger partial charge in [0.15, 0.2) is 0 Å². The molecule has 1 fully saturated rings. The first-order valence-corrected chi connectivity index (χ1v) is 8.02. The van der Waals surface area contributed by atoms with Crippen molar-refractivity contribution in [1.82, 2.24) is 0 Å². The number of benzene rings is 2. The lowest BCUT2D eigenvalue weighted by atomic mass is 9.63. The summed E-state index contributed by atoms with van der Waals surface area (Å²) in [7, 11) is 0. The van der Waals surface area contributed by atoms with Gasteiger partial charge in [0.2, 0.25) is 0 Å². The minimum absolute atomic E-state index is 0.188. The molecule has 2 aromatic rings. The van der Waals surface area contributed by atoms with Crippen LogP contribution in [0.1, 0.15) is 51.0 Å². The van der Waals surface area contributed by atoms with Crippen LogP contribution in [0.4, 0.5) is 0 Å².